The summed E-state index contributed by atoms with van der Waals surface area (Å²) in [6.45, 7) is 1.69. The standard InChI is InChI=1S/C18H16BrN5O4S/c1-10-7-12(24(27)28)4-5-14(10)20-16(26)9-29-18-22-21-17(23(18)2)13-8-11(19)3-6-15(13)25/h3-8,25H,9H2,1-2H3,(H,20,26). The number of non-ortho nitro benzene ring substituents is 1. The second-order valence-corrected chi connectivity index (χ2v) is 7.98. The van der Waals surface area contributed by atoms with E-state index in [2.05, 4.69) is 31.4 Å². The van der Waals surface area contributed by atoms with Crippen LogP contribution in [-0.4, -0.2) is 36.5 Å². The zero-order valence-electron chi connectivity index (χ0n) is 15.4. The number of carbonyl (C=O) groups is 1. The summed E-state index contributed by atoms with van der Waals surface area (Å²) in [4.78, 5) is 22.6. The second-order valence-electron chi connectivity index (χ2n) is 6.12. The molecule has 3 rings (SSSR count). The van der Waals surface area contributed by atoms with E-state index < -0.39 is 4.92 Å². The maximum atomic E-state index is 12.3. The topological polar surface area (TPSA) is 123 Å². The van der Waals surface area contributed by atoms with Gasteiger partial charge in [0.15, 0.2) is 11.0 Å². The van der Waals surface area contributed by atoms with E-state index in [1.807, 2.05) is 0 Å². The predicted octanol–water partition coefficient (Wildman–Crippen LogP) is 3.90. The third-order valence-corrected chi connectivity index (χ3v) is 5.58. The maximum absolute atomic E-state index is 12.3. The second kappa shape index (κ2) is 8.62. The number of benzene rings is 2. The molecule has 150 valence electrons. The van der Waals surface area contributed by atoms with Crippen LogP contribution in [0.2, 0.25) is 0 Å². The van der Waals surface area contributed by atoms with Crippen LogP contribution in [0.25, 0.3) is 11.4 Å². The lowest BCUT2D eigenvalue weighted by Gasteiger charge is -2.08. The number of phenolic OH excluding ortho intramolecular Hbond substituents is 1. The molecule has 0 atom stereocenters. The molecule has 0 unspecified atom stereocenters. The molecule has 1 amide bonds. The largest absolute Gasteiger partial charge is 0.507 e. The van der Waals surface area contributed by atoms with Crippen LogP contribution < -0.4 is 5.32 Å². The summed E-state index contributed by atoms with van der Waals surface area (Å²) in [5.41, 5.74) is 1.60. The van der Waals surface area contributed by atoms with E-state index in [4.69, 9.17) is 0 Å². The van der Waals surface area contributed by atoms with Crippen molar-refractivity contribution in [1.82, 2.24) is 14.8 Å². The van der Waals surface area contributed by atoms with Crippen LogP contribution in [0.3, 0.4) is 0 Å². The maximum Gasteiger partial charge on any atom is 0.269 e. The van der Waals surface area contributed by atoms with Gasteiger partial charge in [0.1, 0.15) is 5.75 Å². The quantitative estimate of drug-likeness (QED) is 0.313. The summed E-state index contributed by atoms with van der Waals surface area (Å²) in [5.74, 6) is 0.346. The Morgan fingerprint density at radius 2 is 2.07 bits per heavy atom. The molecule has 0 aliphatic rings. The molecule has 0 fully saturated rings. The van der Waals surface area contributed by atoms with E-state index in [0.717, 1.165) is 4.47 Å². The molecule has 0 aliphatic heterocycles. The Balaban J connectivity index is 1.68. The molecule has 0 radical (unpaired) electrons. The normalized spacial score (nSPS) is 10.7. The van der Waals surface area contributed by atoms with Gasteiger partial charge in [-0.15, -0.1) is 10.2 Å². The highest BCUT2D eigenvalue weighted by Gasteiger charge is 2.16. The van der Waals surface area contributed by atoms with Crippen LogP contribution in [0.15, 0.2) is 46.0 Å². The van der Waals surface area contributed by atoms with Crippen LogP contribution in [0, 0.1) is 17.0 Å². The van der Waals surface area contributed by atoms with Crippen molar-refractivity contribution in [1.29, 1.82) is 0 Å². The number of nitrogens with zero attached hydrogens (tertiary/aromatic N) is 4. The van der Waals surface area contributed by atoms with Gasteiger partial charge >= 0.3 is 0 Å². The van der Waals surface area contributed by atoms with Gasteiger partial charge in [0, 0.05) is 29.3 Å². The monoisotopic (exact) mass is 477 g/mol. The number of thioether (sulfide) groups is 1. The van der Waals surface area contributed by atoms with Crippen molar-refractivity contribution in [3.63, 3.8) is 0 Å². The minimum absolute atomic E-state index is 0.0303. The van der Waals surface area contributed by atoms with Crippen molar-refractivity contribution < 1.29 is 14.8 Å². The van der Waals surface area contributed by atoms with Crippen molar-refractivity contribution >= 4 is 45.0 Å². The average molecular weight is 478 g/mol. The highest BCUT2D eigenvalue weighted by atomic mass is 79.9. The third kappa shape index (κ3) is 4.74. The number of halogens is 1. The molecule has 2 N–H and O–H groups in total. The summed E-state index contributed by atoms with van der Waals surface area (Å²) < 4.78 is 2.48. The summed E-state index contributed by atoms with van der Waals surface area (Å²) in [6.07, 6.45) is 0. The molecular formula is C18H16BrN5O4S. The zero-order valence-corrected chi connectivity index (χ0v) is 17.8. The fraction of sp³-hybridized carbons (Fsp3) is 0.167. The average Bonchev–Trinajstić information content (AvgIpc) is 3.04. The van der Waals surface area contributed by atoms with E-state index in [1.165, 1.54) is 30.0 Å². The van der Waals surface area contributed by atoms with Crippen molar-refractivity contribution in [2.75, 3.05) is 11.1 Å². The van der Waals surface area contributed by atoms with Crippen LogP contribution in [-0.2, 0) is 11.8 Å². The van der Waals surface area contributed by atoms with Crippen LogP contribution in [0.1, 0.15) is 5.56 Å². The Kier molecular flexibility index (Phi) is 6.18. The van der Waals surface area contributed by atoms with Gasteiger partial charge in [0.2, 0.25) is 5.91 Å². The predicted molar refractivity (Wildman–Crippen MR) is 113 cm³/mol. The molecule has 0 spiro atoms. The van der Waals surface area contributed by atoms with Gasteiger partial charge in [-0.3, -0.25) is 14.9 Å². The Labute approximate surface area is 178 Å². The molecular weight excluding hydrogens is 462 g/mol. The molecule has 0 aliphatic carbocycles. The number of aromatic hydroxyl groups is 1. The Hall–Kier alpha value is -2.92. The lowest BCUT2D eigenvalue weighted by atomic mass is 10.2. The smallest absolute Gasteiger partial charge is 0.269 e. The molecule has 2 aromatic carbocycles. The number of nitro benzene ring substituents is 1. The molecule has 0 saturated heterocycles. The van der Waals surface area contributed by atoms with Crippen molar-refractivity contribution in [3.05, 3.63) is 56.5 Å². The van der Waals surface area contributed by atoms with Crippen molar-refractivity contribution in [3.8, 4) is 17.1 Å². The first-order valence-corrected chi connectivity index (χ1v) is 10.1. The van der Waals surface area contributed by atoms with Crippen LogP contribution >= 0.6 is 27.7 Å². The molecule has 1 aromatic heterocycles. The molecule has 9 nitrogen and oxygen atoms in total. The van der Waals surface area contributed by atoms with E-state index in [-0.39, 0.29) is 23.1 Å². The number of nitro groups is 1. The number of hydrogen-bond donors (Lipinski definition) is 2. The minimum atomic E-state index is -0.483. The van der Waals surface area contributed by atoms with Gasteiger partial charge < -0.3 is 15.0 Å². The fourth-order valence-corrected chi connectivity index (χ4v) is 3.65. The van der Waals surface area contributed by atoms with Gasteiger partial charge in [-0.05, 0) is 36.8 Å². The fourth-order valence-electron chi connectivity index (χ4n) is 2.58. The number of aromatic nitrogens is 3. The lowest BCUT2D eigenvalue weighted by Crippen LogP contribution is -2.15. The lowest BCUT2D eigenvalue weighted by molar-refractivity contribution is -0.384. The summed E-state index contributed by atoms with van der Waals surface area (Å²) >= 11 is 4.55. The number of nitrogens with one attached hydrogen (secondary N) is 1. The zero-order chi connectivity index (χ0) is 21.1. The van der Waals surface area contributed by atoms with Crippen molar-refractivity contribution in [2.24, 2.45) is 7.05 Å². The molecule has 11 heteroatoms. The first-order valence-electron chi connectivity index (χ1n) is 8.32. The minimum Gasteiger partial charge on any atom is -0.507 e. The van der Waals surface area contributed by atoms with E-state index in [9.17, 15) is 20.0 Å². The number of anilines is 1. The van der Waals surface area contributed by atoms with Gasteiger partial charge in [0.25, 0.3) is 5.69 Å². The number of rotatable bonds is 6. The van der Waals surface area contributed by atoms with Gasteiger partial charge in [0.05, 0.1) is 16.2 Å². The molecule has 1 heterocycles. The van der Waals surface area contributed by atoms with Crippen molar-refractivity contribution in [2.45, 2.75) is 12.1 Å². The first-order chi connectivity index (χ1) is 13.8. The van der Waals surface area contributed by atoms with E-state index in [1.54, 1.807) is 36.7 Å². The molecule has 3 aromatic rings. The summed E-state index contributed by atoms with van der Waals surface area (Å²) in [7, 11) is 1.75. The molecule has 0 saturated carbocycles. The Bertz CT molecular complexity index is 1100. The highest BCUT2D eigenvalue weighted by Crippen LogP contribution is 2.32. The number of amides is 1. The highest BCUT2D eigenvalue weighted by molar-refractivity contribution is 9.10. The first kappa shape index (κ1) is 20.8. The number of aryl methyl sites for hydroxylation is 1. The summed E-state index contributed by atoms with van der Waals surface area (Å²) in [6, 6.07) is 9.26. The van der Waals surface area contributed by atoms with E-state index >= 15 is 0 Å². The number of hydrogen-bond acceptors (Lipinski definition) is 7. The Morgan fingerprint density at radius 1 is 1.31 bits per heavy atom. The summed E-state index contributed by atoms with van der Waals surface area (Å²) in [5, 5.41) is 32.3. The van der Waals surface area contributed by atoms with Crippen LogP contribution in [0.5, 0.6) is 5.75 Å². The number of phenols is 1. The Morgan fingerprint density at radius 3 is 2.76 bits per heavy atom. The van der Waals surface area contributed by atoms with Crippen LogP contribution in [0.4, 0.5) is 11.4 Å². The number of carbonyl (C=O) groups excluding carboxylic acids is 1. The molecule has 0 bridgehead atoms. The van der Waals surface area contributed by atoms with Gasteiger partial charge in [-0.25, -0.2) is 0 Å². The van der Waals surface area contributed by atoms with Gasteiger partial charge in [-0.1, -0.05) is 27.7 Å². The van der Waals surface area contributed by atoms with Gasteiger partial charge in [-0.2, -0.15) is 0 Å². The SMILES string of the molecule is Cc1cc([N+](=O)[O-])ccc1NC(=O)CSc1nnc(-c2cc(Br)ccc2O)n1C. The van der Waals surface area contributed by atoms with E-state index in [0.29, 0.717) is 27.8 Å². The third-order valence-electron chi connectivity index (χ3n) is 4.06. The molecule has 29 heavy (non-hydrogen) atoms.